The number of amides is 2. The van der Waals surface area contributed by atoms with E-state index in [0.717, 1.165) is 18.4 Å². The standard InChI is InChI=1S/C15H19ClN2O3/c1-2-21-14(19)10-17-15(20)18-9-5-8-13(18)11-6-3-4-7-12(11)16/h3-4,6-7,13H,2,5,8-10H2,1H3,(H,17,20)/t13-/m1/s1. The first kappa shape index (κ1) is 15.6. The van der Waals surface area contributed by atoms with Crippen molar-refractivity contribution in [1.82, 2.24) is 10.2 Å². The second-order valence-corrected chi connectivity index (χ2v) is 5.24. The van der Waals surface area contributed by atoms with Gasteiger partial charge in [-0.15, -0.1) is 0 Å². The Morgan fingerprint density at radius 2 is 2.19 bits per heavy atom. The molecule has 0 radical (unpaired) electrons. The Hall–Kier alpha value is -1.75. The number of halogens is 1. The van der Waals surface area contributed by atoms with Crippen LogP contribution < -0.4 is 5.32 Å². The minimum absolute atomic E-state index is 0.0408. The minimum Gasteiger partial charge on any atom is -0.465 e. The zero-order valence-corrected chi connectivity index (χ0v) is 12.7. The molecular formula is C15H19ClN2O3. The van der Waals surface area contributed by atoms with Gasteiger partial charge in [0.1, 0.15) is 6.54 Å². The number of urea groups is 1. The molecule has 2 amide bonds. The van der Waals surface area contributed by atoms with E-state index in [4.69, 9.17) is 16.3 Å². The van der Waals surface area contributed by atoms with E-state index in [1.54, 1.807) is 11.8 Å². The van der Waals surface area contributed by atoms with E-state index < -0.39 is 5.97 Å². The lowest BCUT2D eigenvalue weighted by molar-refractivity contribution is -0.141. The van der Waals surface area contributed by atoms with Crippen molar-refractivity contribution in [2.45, 2.75) is 25.8 Å². The summed E-state index contributed by atoms with van der Waals surface area (Å²) in [5.74, 6) is -0.431. The van der Waals surface area contributed by atoms with E-state index in [2.05, 4.69) is 5.32 Å². The van der Waals surface area contributed by atoms with Crippen molar-refractivity contribution in [2.75, 3.05) is 19.7 Å². The van der Waals surface area contributed by atoms with Crippen LogP contribution in [0.2, 0.25) is 5.02 Å². The molecule has 6 heteroatoms. The summed E-state index contributed by atoms with van der Waals surface area (Å²) in [6, 6.07) is 7.24. The molecule has 1 heterocycles. The molecule has 2 rings (SSSR count). The molecule has 21 heavy (non-hydrogen) atoms. The quantitative estimate of drug-likeness (QED) is 0.870. The largest absolute Gasteiger partial charge is 0.465 e. The lowest BCUT2D eigenvalue weighted by atomic mass is 10.0. The molecule has 1 N–H and O–H groups in total. The number of carbonyl (C=O) groups excluding carboxylic acids is 2. The number of nitrogens with one attached hydrogen (secondary N) is 1. The summed E-state index contributed by atoms with van der Waals surface area (Å²) in [6.45, 7) is 2.58. The van der Waals surface area contributed by atoms with Crippen LogP contribution in [0.25, 0.3) is 0 Å². The molecule has 5 nitrogen and oxygen atoms in total. The summed E-state index contributed by atoms with van der Waals surface area (Å²) in [7, 11) is 0. The molecule has 114 valence electrons. The average molecular weight is 311 g/mol. The molecule has 1 atom stereocenters. The van der Waals surface area contributed by atoms with Crippen LogP contribution in [-0.4, -0.2) is 36.6 Å². The van der Waals surface area contributed by atoms with Crippen molar-refractivity contribution in [3.8, 4) is 0 Å². The summed E-state index contributed by atoms with van der Waals surface area (Å²) in [5.41, 5.74) is 0.947. The van der Waals surface area contributed by atoms with Gasteiger partial charge in [-0.25, -0.2) is 4.79 Å². The van der Waals surface area contributed by atoms with E-state index in [-0.39, 0.29) is 18.6 Å². The first-order valence-electron chi connectivity index (χ1n) is 7.08. The number of rotatable bonds is 4. The monoisotopic (exact) mass is 310 g/mol. The predicted molar refractivity (Wildman–Crippen MR) is 80.2 cm³/mol. The normalized spacial score (nSPS) is 17.6. The van der Waals surface area contributed by atoms with E-state index >= 15 is 0 Å². The van der Waals surface area contributed by atoms with Gasteiger partial charge in [0.15, 0.2) is 0 Å². The summed E-state index contributed by atoms with van der Waals surface area (Å²) >= 11 is 6.21. The number of ether oxygens (including phenoxy) is 1. The maximum Gasteiger partial charge on any atom is 0.325 e. The number of likely N-dealkylation sites (tertiary alicyclic amines) is 1. The Labute approximate surface area is 129 Å². The first-order chi connectivity index (χ1) is 10.1. The topological polar surface area (TPSA) is 58.6 Å². The van der Waals surface area contributed by atoms with Crippen molar-refractivity contribution in [3.63, 3.8) is 0 Å². The third-order valence-corrected chi connectivity index (χ3v) is 3.81. The van der Waals surface area contributed by atoms with Crippen LogP contribution in [0.15, 0.2) is 24.3 Å². The molecule has 1 aliphatic heterocycles. The number of nitrogens with zero attached hydrogens (tertiary/aromatic N) is 1. The Balaban J connectivity index is 2.00. The highest BCUT2D eigenvalue weighted by Gasteiger charge is 2.31. The van der Waals surface area contributed by atoms with E-state index in [0.29, 0.717) is 18.2 Å². The SMILES string of the molecule is CCOC(=O)CNC(=O)N1CCC[C@@H]1c1ccccc1Cl. The van der Waals surface area contributed by atoms with Crippen molar-refractivity contribution in [2.24, 2.45) is 0 Å². The molecular weight excluding hydrogens is 292 g/mol. The Kier molecular flexibility index (Phi) is 5.44. The number of hydrogen-bond donors (Lipinski definition) is 1. The van der Waals surface area contributed by atoms with E-state index in [1.807, 2.05) is 24.3 Å². The summed E-state index contributed by atoms with van der Waals surface area (Å²) in [4.78, 5) is 25.2. The third-order valence-electron chi connectivity index (χ3n) is 3.47. The maximum atomic E-state index is 12.2. The zero-order valence-electron chi connectivity index (χ0n) is 12.0. The Bertz CT molecular complexity index is 521. The van der Waals surface area contributed by atoms with Crippen LogP contribution in [0, 0.1) is 0 Å². The van der Waals surface area contributed by atoms with Gasteiger partial charge in [-0.3, -0.25) is 4.79 Å². The molecule has 0 saturated carbocycles. The number of benzene rings is 1. The number of esters is 1. The van der Waals surface area contributed by atoms with Gasteiger partial charge in [0, 0.05) is 11.6 Å². The predicted octanol–water partition coefficient (Wildman–Crippen LogP) is 2.75. The van der Waals surface area contributed by atoms with Gasteiger partial charge in [-0.2, -0.15) is 0 Å². The lowest BCUT2D eigenvalue weighted by Crippen LogP contribution is -2.42. The molecule has 0 unspecified atom stereocenters. The van der Waals surface area contributed by atoms with Gasteiger partial charge in [0.25, 0.3) is 0 Å². The minimum atomic E-state index is -0.431. The second kappa shape index (κ2) is 7.31. The Morgan fingerprint density at radius 3 is 2.90 bits per heavy atom. The zero-order chi connectivity index (χ0) is 15.2. The van der Waals surface area contributed by atoms with Gasteiger partial charge in [0.05, 0.1) is 12.6 Å². The fraction of sp³-hybridized carbons (Fsp3) is 0.467. The molecule has 1 fully saturated rings. The van der Waals surface area contributed by atoms with Crippen molar-refractivity contribution in [3.05, 3.63) is 34.9 Å². The van der Waals surface area contributed by atoms with Gasteiger partial charge in [-0.05, 0) is 31.4 Å². The molecule has 1 aromatic rings. The van der Waals surface area contributed by atoms with Gasteiger partial charge in [-0.1, -0.05) is 29.8 Å². The van der Waals surface area contributed by atoms with Gasteiger partial charge < -0.3 is 15.0 Å². The average Bonchev–Trinajstić information content (AvgIpc) is 2.95. The van der Waals surface area contributed by atoms with Crippen molar-refractivity contribution in [1.29, 1.82) is 0 Å². The van der Waals surface area contributed by atoms with Crippen LogP contribution in [0.1, 0.15) is 31.4 Å². The molecule has 0 aliphatic carbocycles. The fourth-order valence-electron chi connectivity index (χ4n) is 2.54. The van der Waals surface area contributed by atoms with Gasteiger partial charge in [0.2, 0.25) is 0 Å². The summed E-state index contributed by atoms with van der Waals surface area (Å²) in [5, 5.41) is 3.26. The molecule has 0 bridgehead atoms. The summed E-state index contributed by atoms with van der Waals surface area (Å²) < 4.78 is 4.79. The third kappa shape index (κ3) is 3.88. The lowest BCUT2D eigenvalue weighted by Gasteiger charge is -2.25. The highest BCUT2D eigenvalue weighted by Crippen LogP contribution is 2.35. The molecule has 1 saturated heterocycles. The second-order valence-electron chi connectivity index (χ2n) is 4.84. The maximum absolute atomic E-state index is 12.2. The van der Waals surface area contributed by atoms with Crippen molar-refractivity contribution < 1.29 is 14.3 Å². The molecule has 0 aromatic heterocycles. The number of hydrogen-bond acceptors (Lipinski definition) is 3. The van der Waals surface area contributed by atoms with Crippen LogP contribution in [-0.2, 0) is 9.53 Å². The van der Waals surface area contributed by atoms with Crippen LogP contribution in [0.4, 0.5) is 4.79 Å². The highest BCUT2D eigenvalue weighted by molar-refractivity contribution is 6.31. The molecule has 0 spiro atoms. The summed E-state index contributed by atoms with van der Waals surface area (Å²) in [6.07, 6.45) is 1.79. The number of carbonyl (C=O) groups is 2. The van der Waals surface area contributed by atoms with Crippen LogP contribution in [0.5, 0.6) is 0 Å². The molecule has 1 aliphatic rings. The van der Waals surface area contributed by atoms with Crippen LogP contribution >= 0.6 is 11.6 Å². The van der Waals surface area contributed by atoms with E-state index in [9.17, 15) is 9.59 Å². The smallest absolute Gasteiger partial charge is 0.325 e. The Morgan fingerprint density at radius 1 is 1.43 bits per heavy atom. The van der Waals surface area contributed by atoms with Crippen LogP contribution in [0.3, 0.4) is 0 Å². The highest BCUT2D eigenvalue weighted by atomic mass is 35.5. The first-order valence-corrected chi connectivity index (χ1v) is 7.45. The molecule has 1 aromatic carbocycles. The van der Waals surface area contributed by atoms with E-state index in [1.165, 1.54) is 0 Å². The van der Waals surface area contributed by atoms with Crippen molar-refractivity contribution >= 4 is 23.6 Å². The fourth-order valence-corrected chi connectivity index (χ4v) is 2.80. The van der Waals surface area contributed by atoms with Gasteiger partial charge >= 0.3 is 12.0 Å².